The highest BCUT2D eigenvalue weighted by molar-refractivity contribution is 6.28. The molecule has 1 heterocycles. The van der Waals surface area contributed by atoms with E-state index < -0.39 is 0 Å². The topological polar surface area (TPSA) is 59.9 Å². The van der Waals surface area contributed by atoms with Crippen molar-refractivity contribution in [1.82, 2.24) is 15.0 Å². The molecule has 0 aromatic carbocycles. The number of hydrogen-bond acceptors (Lipinski definition) is 5. The van der Waals surface area contributed by atoms with Crippen LogP contribution in [0.5, 0.6) is 6.01 Å². The highest BCUT2D eigenvalue weighted by Crippen LogP contribution is 2.11. The van der Waals surface area contributed by atoms with Crippen LogP contribution in [0, 0.1) is 0 Å². The van der Waals surface area contributed by atoms with E-state index in [1.54, 1.807) is 0 Å². The molecule has 0 spiro atoms. The Kier molecular flexibility index (Phi) is 9.04. The third kappa shape index (κ3) is 7.48. The van der Waals surface area contributed by atoms with Crippen LogP contribution < -0.4 is 10.1 Å². The largest absolute Gasteiger partial charge is 0.467 e. The number of ether oxygens (including phenoxy) is 1. The van der Waals surface area contributed by atoms with Crippen molar-refractivity contribution in [3.63, 3.8) is 0 Å². The van der Waals surface area contributed by atoms with Gasteiger partial charge in [-0.2, -0.15) is 15.0 Å². The molecule has 0 saturated carbocycles. The molecule has 0 atom stereocenters. The van der Waals surface area contributed by atoms with Crippen molar-refractivity contribution in [2.24, 2.45) is 0 Å². The molecular formula is C14H25ClN4O. The van der Waals surface area contributed by atoms with Gasteiger partial charge in [0.1, 0.15) is 0 Å². The summed E-state index contributed by atoms with van der Waals surface area (Å²) in [6, 6.07) is 0.239. The van der Waals surface area contributed by atoms with Gasteiger partial charge in [-0.1, -0.05) is 51.9 Å². The van der Waals surface area contributed by atoms with Crippen molar-refractivity contribution < 1.29 is 4.74 Å². The fraction of sp³-hybridized carbons (Fsp3) is 0.786. The van der Waals surface area contributed by atoms with Gasteiger partial charge >= 0.3 is 6.01 Å². The zero-order chi connectivity index (χ0) is 14.6. The van der Waals surface area contributed by atoms with Crippen molar-refractivity contribution in [3.05, 3.63) is 5.28 Å². The molecule has 114 valence electrons. The van der Waals surface area contributed by atoms with E-state index in [-0.39, 0.29) is 11.3 Å². The summed E-state index contributed by atoms with van der Waals surface area (Å²) in [5.41, 5.74) is 0. The fourth-order valence-corrected chi connectivity index (χ4v) is 2.11. The molecule has 0 amide bonds. The fourth-order valence-electron chi connectivity index (χ4n) is 1.96. The Hall–Kier alpha value is -1.10. The molecule has 0 aliphatic heterocycles. The number of hydrogen-bond donors (Lipinski definition) is 1. The van der Waals surface area contributed by atoms with Gasteiger partial charge in [0.05, 0.1) is 7.11 Å². The summed E-state index contributed by atoms with van der Waals surface area (Å²) >= 11 is 5.77. The highest BCUT2D eigenvalue weighted by Gasteiger charge is 2.03. The van der Waals surface area contributed by atoms with Crippen LogP contribution in [0.2, 0.25) is 5.28 Å². The van der Waals surface area contributed by atoms with E-state index in [1.165, 1.54) is 52.1 Å². The Morgan fingerprint density at radius 3 is 2.25 bits per heavy atom. The van der Waals surface area contributed by atoms with Crippen molar-refractivity contribution in [1.29, 1.82) is 0 Å². The lowest BCUT2D eigenvalue weighted by Gasteiger charge is -2.06. The number of anilines is 1. The standard InChI is InChI=1S/C14H25ClN4O/c1-3-4-5-6-7-8-9-10-11-16-13-17-12(15)18-14(19-13)20-2/h3-11H2,1-2H3,(H,16,17,18,19). The van der Waals surface area contributed by atoms with E-state index in [0.29, 0.717) is 5.95 Å². The molecule has 0 saturated heterocycles. The van der Waals surface area contributed by atoms with E-state index in [1.807, 2.05) is 0 Å². The van der Waals surface area contributed by atoms with E-state index in [0.717, 1.165) is 13.0 Å². The molecule has 1 rings (SSSR count). The van der Waals surface area contributed by atoms with Gasteiger partial charge in [-0.15, -0.1) is 0 Å². The van der Waals surface area contributed by atoms with Crippen LogP contribution in [-0.2, 0) is 0 Å². The zero-order valence-corrected chi connectivity index (χ0v) is 13.2. The van der Waals surface area contributed by atoms with Gasteiger partial charge in [0.2, 0.25) is 11.2 Å². The van der Waals surface area contributed by atoms with E-state index >= 15 is 0 Å². The predicted octanol–water partition coefficient (Wildman–Crippen LogP) is 4.09. The summed E-state index contributed by atoms with van der Waals surface area (Å²) in [7, 11) is 1.51. The van der Waals surface area contributed by atoms with Gasteiger partial charge in [-0.25, -0.2) is 0 Å². The number of nitrogens with zero attached hydrogens (tertiary/aromatic N) is 3. The molecule has 0 fully saturated rings. The van der Waals surface area contributed by atoms with Crippen LogP contribution in [0.25, 0.3) is 0 Å². The number of nitrogens with one attached hydrogen (secondary N) is 1. The number of methoxy groups -OCH3 is 1. The van der Waals surface area contributed by atoms with E-state index in [4.69, 9.17) is 16.3 Å². The molecule has 20 heavy (non-hydrogen) atoms. The van der Waals surface area contributed by atoms with Crippen LogP contribution in [0.4, 0.5) is 5.95 Å². The Morgan fingerprint density at radius 2 is 1.60 bits per heavy atom. The van der Waals surface area contributed by atoms with Crippen molar-refractivity contribution >= 4 is 17.5 Å². The van der Waals surface area contributed by atoms with Gasteiger partial charge in [-0.3, -0.25) is 0 Å². The molecular weight excluding hydrogens is 276 g/mol. The second-order valence-electron chi connectivity index (χ2n) is 4.82. The number of rotatable bonds is 11. The monoisotopic (exact) mass is 300 g/mol. The average Bonchev–Trinajstić information content (AvgIpc) is 2.45. The highest BCUT2D eigenvalue weighted by atomic mass is 35.5. The van der Waals surface area contributed by atoms with Crippen molar-refractivity contribution in [2.45, 2.75) is 58.3 Å². The van der Waals surface area contributed by atoms with Crippen molar-refractivity contribution in [2.75, 3.05) is 19.0 Å². The van der Waals surface area contributed by atoms with Crippen LogP contribution in [-0.4, -0.2) is 28.6 Å². The van der Waals surface area contributed by atoms with E-state index in [9.17, 15) is 0 Å². The van der Waals surface area contributed by atoms with Gasteiger partial charge in [0, 0.05) is 6.54 Å². The normalized spacial score (nSPS) is 10.6. The maximum atomic E-state index is 5.77. The molecule has 0 aliphatic rings. The number of aromatic nitrogens is 3. The summed E-state index contributed by atoms with van der Waals surface area (Å²) in [4.78, 5) is 11.9. The minimum Gasteiger partial charge on any atom is -0.467 e. The molecule has 1 N–H and O–H groups in total. The van der Waals surface area contributed by atoms with Crippen LogP contribution in [0.1, 0.15) is 58.3 Å². The maximum absolute atomic E-state index is 5.77. The summed E-state index contributed by atoms with van der Waals surface area (Å²) in [6.07, 6.45) is 10.4. The second kappa shape index (κ2) is 10.7. The third-order valence-corrected chi connectivity index (χ3v) is 3.25. The minimum atomic E-state index is 0.148. The molecule has 0 bridgehead atoms. The Bertz CT molecular complexity index is 376. The molecule has 0 unspecified atom stereocenters. The van der Waals surface area contributed by atoms with Gasteiger partial charge in [-0.05, 0) is 18.0 Å². The SMILES string of the molecule is CCCCCCCCCCNc1nc(Cl)nc(OC)n1. The quantitative estimate of drug-likeness (QED) is 0.624. The van der Waals surface area contributed by atoms with Gasteiger partial charge in [0.25, 0.3) is 0 Å². The first-order chi connectivity index (χ1) is 9.76. The number of unbranched alkanes of at least 4 members (excludes halogenated alkanes) is 7. The molecule has 5 nitrogen and oxygen atoms in total. The Balaban J connectivity index is 2.08. The Labute approximate surface area is 126 Å². The lowest BCUT2D eigenvalue weighted by atomic mass is 10.1. The Morgan fingerprint density at radius 1 is 0.950 bits per heavy atom. The molecule has 0 radical (unpaired) electrons. The molecule has 1 aromatic heterocycles. The lowest BCUT2D eigenvalue weighted by molar-refractivity contribution is 0.379. The number of halogens is 1. The lowest BCUT2D eigenvalue weighted by Crippen LogP contribution is -2.07. The second-order valence-corrected chi connectivity index (χ2v) is 5.15. The smallest absolute Gasteiger partial charge is 0.322 e. The van der Waals surface area contributed by atoms with Gasteiger partial charge in [0.15, 0.2) is 0 Å². The van der Waals surface area contributed by atoms with Crippen LogP contribution in [0.15, 0.2) is 0 Å². The first kappa shape index (κ1) is 17.0. The zero-order valence-electron chi connectivity index (χ0n) is 12.5. The van der Waals surface area contributed by atoms with Crippen LogP contribution in [0.3, 0.4) is 0 Å². The first-order valence-corrected chi connectivity index (χ1v) is 7.83. The maximum Gasteiger partial charge on any atom is 0.322 e. The minimum absolute atomic E-state index is 0.148. The summed E-state index contributed by atoms with van der Waals surface area (Å²) in [6.45, 7) is 3.09. The molecule has 0 aliphatic carbocycles. The van der Waals surface area contributed by atoms with Crippen molar-refractivity contribution in [3.8, 4) is 6.01 Å². The van der Waals surface area contributed by atoms with E-state index in [2.05, 4.69) is 27.2 Å². The van der Waals surface area contributed by atoms with Gasteiger partial charge < -0.3 is 10.1 Å². The average molecular weight is 301 g/mol. The summed E-state index contributed by atoms with van der Waals surface area (Å²) < 4.78 is 4.94. The molecule has 6 heteroatoms. The summed E-state index contributed by atoms with van der Waals surface area (Å²) in [5.74, 6) is 0.477. The molecule has 1 aromatic rings. The van der Waals surface area contributed by atoms with Crippen LogP contribution >= 0.6 is 11.6 Å². The third-order valence-electron chi connectivity index (χ3n) is 3.08. The predicted molar refractivity (Wildman–Crippen MR) is 82.5 cm³/mol. The summed E-state index contributed by atoms with van der Waals surface area (Å²) in [5, 5.41) is 3.29. The first-order valence-electron chi connectivity index (χ1n) is 7.45.